The average Bonchev–Trinajstić information content (AvgIpc) is 2.82. The van der Waals surface area contributed by atoms with E-state index in [1.807, 2.05) is 18.2 Å². The van der Waals surface area contributed by atoms with Crippen molar-refractivity contribution in [1.29, 1.82) is 0 Å². The van der Waals surface area contributed by atoms with Crippen LogP contribution in [0.2, 0.25) is 0 Å². The molecule has 0 bridgehead atoms. The molecule has 33 heavy (non-hydrogen) atoms. The van der Waals surface area contributed by atoms with Crippen LogP contribution in [0.15, 0.2) is 55.1 Å². The molecule has 2 nitrogen and oxygen atoms in total. The Labute approximate surface area is 195 Å². The fraction of sp³-hybridized carbons (Fsp3) is 0.429. The largest absolute Gasteiger partial charge is 0.490 e. The van der Waals surface area contributed by atoms with Crippen molar-refractivity contribution in [2.75, 3.05) is 13.2 Å². The Morgan fingerprint density at radius 2 is 1.79 bits per heavy atom. The van der Waals surface area contributed by atoms with E-state index in [0.29, 0.717) is 25.0 Å². The van der Waals surface area contributed by atoms with E-state index in [1.165, 1.54) is 6.07 Å². The molecule has 2 atom stereocenters. The summed E-state index contributed by atoms with van der Waals surface area (Å²) in [5.41, 5.74) is 1.31. The molecule has 0 saturated heterocycles. The number of unbranched alkanes of at least 4 members (excludes halogenated alkanes) is 2. The van der Waals surface area contributed by atoms with Crippen molar-refractivity contribution in [2.24, 2.45) is 5.92 Å². The molecule has 0 heterocycles. The van der Waals surface area contributed by atoms with E-state index in [0.717, 1.165) is 37.7 Å². The molecule has 3 rings (SSSR count). The summed E-state index contributed by atoms with van der Waals surface area (Å²) in [5.74, 6) is -2.10. The van der Waals surface area contributed by atoms with Crippen LogP contribution in [0.3, 0.4) is 0 Å². The molecule has 0 saturated carbocycles. The quantitative estimate of drug-likeness (QED) is 0.238. The fourth-order valence-corrected chi connectivity index (χ4v) is 4.06. The number of allylic oxidation sites excluding steroid dienone is 1. The smallest absolute Gasteiger partial charge is 0.200 e. The van der Waals surface area contributed by atoms with E-state index in [4.69, 9.17) is 9.47 Å². The SMILES string of the molecule is C=CCCOc1ccc(C2C=CC(COc3ccc(CCCCC)cc3F)CC2)c(F)c1F. The van der Waals surface area contributed by atoms with Gasteiger partial charge in [-0.15, -0.1) is 6.58 Å². The van der Waals surface area contributed by atoms with Crippen molar-refractivity contribution < 1.29 is 22.6 Å². The Morgan fingerprint density at radius 1 is 0.970 bits per heavy atom. The molecule has 5 heteroatoms. The Bertz CT molecular complexity index is 954. The van der Waals surface area contributed by atoms with Crippen LogP contribution in [0, 0.1) is 23.4 Å². The number of rotatable bonds is 12. The van der Waals surface area contributed by atoms with Crippen molar-refractivity contribution in [3.05, 3.63) is 83.7 Å². The molecule has 0 fully saturated rings. The lowest BCUT2D eigenvalue weighted by atomic mass is 9.84. The Kier molecular flexibility index (Phi) is 9.47. The second kappa shape index (κ2) is 12.5. The first kappa shape index (κ1) is 24.9. The summed E-state index contributed by atoms with van der Waals surface area (Å²) in [7, 11) is 0. The number of ether oxygens (including phenoxy) is 2. The minimum atomic E-state index is -0.955. The molecule has 2 aromatic rings. The van der Waals surface area contributed by atoms with Gasteiger partial charge in [-0.25, -0.2) is 8.78 Å². The van der Waals surface area contributed by atoms with Gasteiger partial charge < -0.3 is 9.47 Å². The summed E-state index contributed by atoms with van der Waals surface area (Å²) in [5, 5.41) is 0. The van der Waals surface area contributed by atoms with E-state index in [9.17, 15) is 13.2 Å². The van der Waals surface area contributed by atoms with Crippen LogP contribution >= 0.6 is 0 Å². The highest BCUT2D eigenvalue weighted by molar-refractivity contribution is 5.35. The molecule has 0 N–H and O–H groups in total. The molecule has 2 unspecified atom stereocenters. The lowest BCUT2D eigenvalue weighted by molar-refractivity contribution is 0.250. The predicted molar refractivity (Wildman–Crippen MR) is 126 cm³/mol. The average molecular weight is 459 g/mol. The Hall–Kier alpha value is -2.69. The monoisotopic (exact) mass is 458 g/mol. The summed E-state index contributed by atoms with van der Waals surface area (Å²) in [6.07, 6.45) is 11.7. The van der Waals surface area contributed by atoms with Crippen LogP contribution in [0.5, 0.6) is 11.5 Å². The topological polar surface area (TPSA) is 18.5 Å². The van der Waals surface area contributed by atoms with Crippen LogP contribution in [0.4, 0.5) is 13.2 Å². The van der Waals surface area contributed by atoms with E-state index < -0.39 is 11.6 Å². The van der Waals surface area contributed by atoms with E-state index in [-0.39, 0.29) is 35.8 Å². The minimum Gasteiger partial charge on any atom is -0.490 e. The molecular formula is C28H33F3O2. The standard InChI is InChI=1S/C28H33F3O2/c1-3-5-7-8-20-11-15-25(24(29)18-20)33-19-21-9-12-22(13-10-21)23-14-16-26(28(31)27(23)30)32-17-6-4-2/h4,9,11-12,14-16,18,21-22H,2-3,5-8,10,13,17,19H2,1H3. The maximum Gasteiger partial charge on any atom is 0.200 e. The molecule has 0 radical (unpaired) electrons. The van der Waals surface area contributed by atoms with Crippen molar-refractivity contribution in [3.8, 4) is 11.5 Å². The van der Waals surface area contributed by atoms with Crippen molar-refractivity contribution in [1.82, 2.24) is 0 Å². The number of benzene rings is 2. The van der Waals surface area contributed by atoms with Gasteiger partial charge in [0.1, 0.15) is 0 Å². The van der Waals surface area contributed by atoms with E-state index in [1.54, 1.807) is 24.3 Å². The summed E-state index contributed by atoms with van der Waals surface area (Å²) >= 11 is 0. The second-order valence-corrected chi connectivity index (χ2v) is 8.57. The number of aryl methyl sites for hydroxylation is 1. The fourth-order valence-electron chi connectivity index (χ4n) is 4.06. The van der Waals surface area contributed by atoms with Gasteiger partial charge in [0.05, 0.1) is 13.2 Å². The molecular weight excluding hydrogens is 425 g/mol. The van der Waals surface area contributed by atoms with Gasteiger partial charge in [0.25, 0.3) is 0 Å². The van der Waals surface area contributed by atoms with Gasteiger partial charge in [-0.3, -0.25) is 0 Å². The maximum atomic E-state index is 14.6. The van der Waals surface area contributed by atoms with Crippen LogP contribution in [-0.4, -0.2) is 13.2 Å². The van der Waals surface area contributed by atoms with Gasteiger partial charge >= 0.3 is 0 Å². The molecule has 0 aliphatic heterocycles. The predicted octanol–water partition coefficient (Wildman–Crippen LogP) is 7.92. The zero-order valence-corrected chi connectivity index (χ0v) is 19.3. The Morgan fingerprint density at radius 3 is 2.48 bits per heavy atom. The van der Waals surface area contributed by atoms with Crippen LogP contribution in [-0.2, 0) is 6.42 Å². The number of halogens is 3. The normalized spacial score (nSPS) is 17.7. The van der Waals surface area contributed by atoms with Crippen molar-refractivity contribution >= 4 is 0 Å². The minimum absolute atomic E-state index is 0.0809. The van der Waals surface area contributed by atoms with Crippen molar-refractivity contribution in [3.63, 3.8) is 0 Å². The van der Waals surface area contributed by atoms with Gasteiger partial charge in [0.2, 0.25) is 5.82 Å². The second-order valence-electron chi connectivity index (χ2n) is 8.57. The highest BCUT2D eigenvalue weighted by Gasteiger charge is 2.24. The summed E-state index contributed by atoms with van der Waals surface area (Å²) < 4.78 is 54.4. The molecule has 178 valence electrons. The summed E-state index contributed by atoms with van der Waals surface area (Å²) in [6, 6.07) is 8.24. The third kappa shape index (κ3) is 6.89. The molecule has 1 aliphatic carbocycles. The van der Waals surface area contributed by atoms with Gasteiger partial charge in [-0.05, 0) is 61.4 Å². The first-order valence-electron chi connectivity index (χ1n) is 11.8. The van der Waals surface area contributed by atoms with Gasteiger partial charge in [0.15, 0.2) is 23.1 Å². The maximum absolute atomic E-state index is 14.6. The van der Waals surface area contributed by atoms with Crippen LogP contribution in [0.25, 0.3) is 0 Å². The first-order chi connectivity index (χ1) is 16.0. The van der Waals surface area contributed by atoms with Crippen LogP contribution < -0.4 is 9.47 Å². The van der Waals surface area contributed by atoms with E-state index in [2.05, 4.69) is 13.5 Å². The van der Waals surface area contributed by atoms with Gasteiger partial charge in [-0.2, -0.15) is 4.39 Å². The molecule has 0 aromatic heterocycles. The van der Waals surface area contributed by atoms with Gasteiger partial charge in [-0.1, -0.05) is 50.1 Å². The lowest BCUT2D eigenvalue weighted by Gasteiger charge is -2.24. The van der Waals surface area contributed by atoms with Crippen LogP contribution in [0.1, 0.15) is 62.5 Å². The highest BCUT2D eigenvalue weighted by atomic mass is 19.2. The van der Waals surface area contributed by atoms with Crippen molar-refractivity contribution in [2.45, 2.75) is 57.8 Å². The molecule has 1 aliphatic rings. The molecule has 2 aromatic carbocycles. The third-order valence-electron chi connectivity index (χ3n) is 6.04. The number of hydrogen-bond donors (Lipinski definition) is 0. The van der Waals surface area contributed by atoms with Gasteiger partial charge in [0, 0.05) is 11.8 Å². The summed E-state index contributed by atoms with van der Waals surface area (Å²) in [6.45, 7) is 6.33. The lowest BCUT2D eigenvalue weighted by Crippen LogP contribution is -2.16. The zero-order valence-electron chi connectivity index (χ0n) is 19.3. The zero-order chi connectivity index (χ0) is 23.6. The third-order valence-corrected chi connectivity index (χ3v) is 6.04. The Balaban J connectivity index is 1.55. The molecule has 0 amide bonds. The summed E-state index contributed by atoms with van der Waals surface area (Å²) in [4.78, 5) is 0. The first-order valence-corrected chi connectivity index (χ1v) is 11.8. The highest BCUT2D eigenvalue weighted by Crippen LogP contribution is 2.35. The van der Waals surface area contributed by atoms with E-state index >= 15 is 0 Å². The molecule has 0 spiro atoms. The number of hydrogen-bond acceptors (Lipinski definition) is 2.